The quantitative estimate of drug-likeness (QED) is 0.728. The largest absolute Gasteiger partial charge is 0.331 e. The number of hydrogen-bond acceptors (Lipinski definition) is 3. The van der Waals surface area contributed by atoms with E-state index in [-0.39, 0.29) is 42.2 Å². The normalized spacial score (nSPS) is 19.0. The van der Waals surface area contributed by atoms with Gasteiger partial charge in [-0.1, -0.05) is 18.6 Å². The van der Waals surface area contributed by atoms with E-state index in [2.05, 4.69) is 11.4 Å². The first-order valence-electron chi connectivity index (χ1n) is 10.4. The highest BCUT2D eigenvalue weighted by Gasteiger charge is 2.36. The smallest absolute Gasteiger partial charge is 0.243 e. The summed E-state index contributed by atoms with van der Waals surface area (Å²) in [5.74, 6) is -0.156. The summed E-state index contributed by atoms with van der Waals surface area (Å²) in [5, 5.41) is 2.05. The number of thiophene rings is 1. The van der Waals surface area contributed by atoms with Crippen LogP contribution in [0.1, 0.15) is 55.2 Å². The number of carbonyl (C=O) groups is 2. The van der Waals surface area contributed by atoms with Crippen molar-refractivity contribution in [2.75, 3.05) is 13.1 Å². The Morgan fingerprint density at radius 2 is 1.93 bits per heavy atom. The summed E-state index contributed by atoms with van der Waals surface area (Å²) in [7, 11) is 0. The molecular formula is C23H27FN2O2S. The predicted octanol–water partition coefficient (Wildman–Crippen LogP) is 4.40. The van der Waals surface area contributed by atoms with Crippen LogP contribution in [0.15, 0.2) is 35.7 Å². The molecule has 2 aliphatic rings. The summed E-state index contributed by atoms with van der Waals surface area (Å²) in [5.41, 5.74) is 2.02. The summed E-state index contributed by atoms with van der Waals surface area (Å²) in [4.78, 5) is 31.1. The van der Waals surface area contributed by atoms with Crippen LogP contribution in [-0.2, 0) is 16.0 Å². The van der Waals surface area contributed by atoms with Crippen LogP contribution in [-0.4, -0.2) is 40.7 Å². The zero-order valence-corrected chi connectivity index (χ0v) is 17.8. The summed E-state index contributed by atoms with van der Waals surface area (Å²) in [6.07, 6.45) is 3.76. The Balaban J connectivity index is 1.60. The van der Waals surface area contributed by atoms with Gasteiger partial charge >= 0.3 is 0 Å². The zero-order chi connectivity index (χ0) is 20.5. The molecule has 4 nitrogen and oxygen atoms in total. The van der Waals surface area contributed by atoms with Gasteiger partial charge in [0, 0.05) is 23.4 Å². The molecule has 1 saturated carbocycles. The van der Waals surface area contributed by atoms with Crippen molar-refractivity contribution < 1.29 is 14.0 Å². The fraction of sp³-hybridized carbons (Fsp3) is 0.478. The van der Waals surface area contributed by atoms with E-state index in [4.69, 9.17) is 0 Å². The van der Waals surface area contributed by atoms with Crippen molar-refractivity contribution in [1.29, 1.82) is 0 Å². The molecule has 2 amide bonds. The number of rotatable bonds is 5. The number of fused-ring (bicyclic) bond motifs is 1. The fourth-order valence-electron chi connectivity index (χ4n) is 4.23. The lowest BCUT2D eigenvalue weighted by atomic mass is 9.84. The van der Waals surface area contributed by atoms with Crippen molar-refractivity contribution in [1.82, 2.24) is 9.80 Å². The van der Waals surface area contributed by atoms with Gasteiger partial charge < -0.3 is 9.80 Å². The maximum absolute atomic E-state index is 13.5. The maximum Gasteiger partial charge on any atom is 0.243 e. The van der Waals surface area contributed by atoms with Crippen molar-refractivity contribution in [3.63, 3.8) is 0 Å². The average molecular weight is 415 g/mol. The van der Waals surface area contributed by atoms with Gasteiger partial charge in [-0.25, -0.2) is 4.39 Å². The Morgan fingerprint density at radius 3 is 2.55 bits per heavy atom. The summed E-state index contributed by atoms with van der Waals surface area (Å²) in [6.45, 7) is 4.64. The first-order chi connectivity index (χ1) is 14.0. The molecule has 4 rings (SSSR count). The van der Waals surface area contributed by atoms with E-state index in [1.54, 1.807) is 28.4 Å². The molecule has 2 aromatic rings. The average Bonchev–Trinajstić information content (AvgIpc) is 3.13. The molecular weight excluding hydrogens is 387 g/mol. The first kappa shape index (κ1) is 20.1. The van der Waals surface area contributed by atoms with E-state index in [1.807, 2.05) is 18.7 Å². The Kier molecular flexibility index (Phi) is 5.72. The van der Waals surface area contributed by atoms with E-state index in [9.17, 15) is 14.0 Å². The lowest BCUT2D eigenvalue weighted by molar-refractivity contribution is -0.147. The second kappa shape index (κ2) is 8.27. The zero-order valence-electron chi connectivity index (χ0n) is 16.9. The number of carbonyl (C=O) groups excluding carboxylic acids is 2. The van der Waals surface area contributed by atoms with Gasteiger partial charge in [0.2, 0.25) is 11.8 Å². The third-order valence-corrected chi connectivity index (χ3v) is 7.13. The van der Waals surface area contributed by atoms with Crippen molar-refractivity contribution in [3.8, 4) is 0 Å². The highest BCUT2D eigenvalue weighted by molar-refractivity contribution is 7.10. The molecule has 0 N–H and O–H groups in total. The molecule has 6 heteroatoms. The van der Waals surface area contributed by atoms with Crippen LogP contribution in [0, 0.1) is 11.7 Å². The first-order valence-corrected chi connectivity index (χ1v) is 11.3. The van der Waals surface area contributed by atoms with Crippen molar-refractivity contribution in [2.45, 2.75) is 51.6 Å². The molecule has 154 valence electrons. The number of halogens is 1. The van der Waals surface area contributed by atoms with Crippen LogP contribution in [0.25, 0.3) is 0 Å². The molecule has 2 heterocycles. The number of benzene rings is 1. The van der Waals surface area contributed by atoms with Crippen LogP contribution < -0.4 is 0 Å². The van der Waals surface area contributed by atoms with E-state index in [0.717, 1.165) is 36.8 Å². The second-order valence-electron chi connectivity index (χ2n) is 8.28. The Morgan fingerprint density at radius 1 is 1.21 bits per heavy atom. The SMILES string of the molecule is CC(C)N(CC(=O)N1CCc2sccc2C1c1ccc(F)cc1)C(=O)C1CCC1. The monoisotopic (exact) mass is 414 g/mol. The van der Waals surface area contributed by atoms with Crippen LogP contribution in [0.2, 0.25) is 0 Å². The van der Waals surface area contributed by atoms with Gasteiger partial charge in [-0.05, 0) is 67.8 Å². The lowest BCUT2D eigenvalue weighted by Gasteiger charge is -2.39. The topological polar surface area (TPSA) is 40.6 Å². The highest BCUT2D eigenvalue weighted by atomic mass is 32.1. The van der Waals surface area contributed by atoms with E-state index >= 15 is 0 Å². The molecule has 29 heavy (non-hydrogen) atoms. The lowest BCUT2D eigenvalue weighted by Crippen LogP contribution is -2.50. The Hall–Kier alpha value is -2.21. The van der Waals surface area contributed by atoms with Crippen molar-refractivity contribution >= 4 is 23.2 Å². The summed E-state index contributed by atoms with van der Waals surface area (Å²) < 4.78 is 13.5. The van der Waals surface area contributed by atoms with Crippen molar-refractivity contribution in [3.05, 3.63) is 57.5 Å². The molecule has 0 saturated heterocycles. The molecule has 1 aliphatic heterocycles. The summed E-state index contributed by atoms with van der Waals surface area (Å²) in [6, 6.07) is 8.22. The molecule has 0 spiro atoms. The second-order valence-corrected chi connectivity index (χ2v) is 9.28. The Bertz CT molecular complexity index is 889. The van der Waals surface area contributed by atoms with E-state index in [1.165, 1.54) is 17.0 Å². The third-order valence-electron chi connectivity index (χ3n) is 6.14. The predicted molar refractivity (Wildman–Crippen MR) is 112 cm³/mol. The van der Waals surface area contributed by atoms with Crippen LogP contribution in [0.3, 0.4) is 0 Å². The molecule has 1 aromatic heterocycles. The highest BCUT2D eigenvalue weighted by Crippen LogP contribution is 2.38. The van der Waals surface area contributed by atoms with E-state index in [0.29, 0.717) is 6.54 Å². The molecule has 1 atom stereocenters. The molecule has 0 radical (unpaired) electrons. The van der Waals surface area contributed by atoms with Gasteiger partial charge in [-0.3, -0.25) is 9.59 Å². The minimum atomic E-state index is -0.287. The summed E-state index contributed by atoms with van der Waals surface area (Å²) >= 11 is 1.70. The number of hydrogen-bond donors (Lipinski definition) is 0. The van der Waals surface area contributed by atoms with Crippen LogP contribution in [0.4, 0.5) is 4.39 Å². The third kappa shape index (κ3) is 3.95. The van der Waals surface area contributed by atoms with E-state index < -0.39 is 0 Å². The molecule has 1 unspecified atom stereocenters. The minimum absolute atomic E-state index is 0.0159. The Labute approximate surface area is 175 Å². The van der Waals surface area contributed by atoms with Gasteiger partial charge in [0.05, 0.1) is 6.04 Å². The standard InChI is InChI=1S/C23H27FN2O2S/c1-15(2)26(23(28)17-4-3-5-17)14-21(27)25-12-10-20-19(11-13-29-20)22(25)16-6-8-18(24)9-7-16/h6-9,11,13,15,17,22H,3-5,10,12,14H2,1-2H3. The van der Waals surface area contributed by atoms with Gasteiger partial charge in [-0.2, -0.15) is 0 Å². The van der Waals surface area contributed by atoms with Gasteiger partial charge in [0.1, 0.15) is 12.4 Å². The number of amides is 2. The van der Waals surface area contributed by atoms with Gasteiger partial charge in [0.25, 0.3) is 0 Å². The number of nitrogens with zero attached hydrogens (tertiary/aromatic N) is 2. The van der Waals surface area contributed by atoms with Gasteiger partial charge in [0.15, 0.2) is 0 Å². The van der Waals surface area contributed by atoms with Gasteiger partial charge in [-0.15, -0.1) is 11.3 Å². The molecule has 1 fully saturated rings. The van der Waals surface area contributed by atoms with Crippen LogP contribution in [0.5, 0.6) is 0 Å². The van der Waals surface area contributed by atoms with Crippen LogP contribution >= 0.6 is 11.3 Å². The maximum atomic E-state index is 13.5. The molecule has 0 bridgehead atoms. The minimum Gasteiger partial charge on any atom is -0.331 e. The molecule has 1 aromatic carbocycles. The molecule has 1 aliphatic carbocycles. The van der Waals surface area contributed by atoms with Crippen molar-refractivity contribution in [2.24, 2.45) is 5.92 Å². The fourth-order valence-corrected chi connectivity index (χ4v) is 5.13.